The number of nitriles is 1. The number of hydrogen-bond donors (Lipinski definition) is 1. The van der Waals surface area contributed by atoms with Crippen molar-refractivity contribution >= 4 is 5.97 Å². The fraction of sp³-hybridized carbons (Fsp3) is 0.333. The van der Waals surface area contributed by atoms with Crippen LogP contribution in [0.2, 0.25) is 0 Å². The maximum Gasteiger partial charge on any atom is 0.336 e. The zero-order valence-electron chi connectivity index (χ0n) is 13.1. The Bertz CT molecular complexity index is 666. The molecule has 0 aromatic heterocycles. The summed E-state index contributed by atoms with van der Waals surface area (Å²) < 4.78 is 4.98. The quantitative estimate of drug-likeness (QED) is 0.865. The van der Waals surface area contributed by atoms with Crippen molar-refractivity contribution in [1.82, 2.24) is 5.32 Å². The van der Waals surface area contributed by atoms with E-state index in [1.54, 1.807) is 0 Å². The zero-order valence-corrected chi connectivity index (χ0v) is 13.1. The van der Waals surface area contributed by atoms with Crippen LogP contribution in [0.5, 0.6) is 0 Å². The van der Waals surface area contributed by atoms with Crippen molar-refractivity contribution < 1.29 is 9.53 Å². The molecule has 1 aromatic carbocycles. The van der Waals surface area contributed by atoms with Crippen LogP contribution >= 0.6 is 0 Å². The van der Waals surface area contributed by atoms with Crippen LogP contribution in [0.1, 0.15) is 38.2 Å². The highest BCUT2D eigenvalue weighted by Crippen LogP contribution is 2.39. The van der Waals surface area contributed by atoms with Crippen LogP contribution in [0, 0.1) is 11.3 Å². The number of nitrogens with one attached hydrogen (secondary N) is 1. The number of carbonyl (C=O) groups is 1. The van der Waals surface area contributed by atoms with Gasteiger partial charge in [-0.05, 0) is 18.9 Å². The van der Waals surface area contributed by atoms with E-state index in [4.69, 9.17) is 4.74 Å². The molecule has 1 aromatic rings. The normalized spacial score (nSPS) is 17.8. The molecule has 0 amide bonds. The van der Waals surface area contributed by atoms with Gasteiger partial charge in [-0.25, -0.2) is 4.79 Å². The number of allylic oxidation sites excluding steroid dienone is 3. The van der Waals surface area contributed by atoms with Gasteiger partial charge in [-0.1, -0.05) is 43.7 Å². The molecule has 2 rings (SSSR count). The van der Waals surface area contributed by atoms with Crippen molar-refractivity contribution in [2.24, 2.45) is 0 Å². The van der Waals surface area contributed by atoms with Crippen LogP contribution in [-0.2, 0) is 9.53 Å². The lowest BCUT2D eigenvalue weighted by atomic mass is 9.80. The Morgan fingerprint density at radius 2 is 2.05 bits per heavy atom. The van der Waals surface area contributed by atoms with Crippen molar-refractivity contribution in [3.05, 3.63) is 58.4 Å². The van der Waals surface area contributed by atoms with Crippen LogP contribution in [0.3, 0.4) is 0 Å². The van der Waals surface area contributed by atoms with Gasteiger partial charge in [0.2, 0.25) is 0 Å². The van der Waals surface area contributed by atoms with Gasteiger partial charge in [-0.3, -0.25) is 0 Å². The van der Waals surface area contributed by atoms with E-state index in [2.05, 4.69) is 18.3 Å². The molecular weight excluding hydrogens is 276 g/mol. The van der Waals surface area contributed by atoms with Crippen LogP contribution in [0.25, 0.3) is 0 Å². The van der Waals surface area contributed by atoms with E-state index in [9.17, 15) is 10.1 Å². The van der Waals surface area contributed by atoms with E-state index in [1.165, 1.54) is 7.11 Å². The summed E-state index contributed by atoms with van der Waals surface area (Å²) in [6, 6.07) is 11.9. The van der Waals surface area contributed by atoms with E-state index in [0.717, 1.165) is 29.8 Å². The fourth-order valence-electron chi connectivity index (χ4n) is 2.82. The highest BCUT2D eigenvalue weighted by Gasteiger charge is 2.34. The number of ether oxygens (including phenoxy) is 1. The Kier molecular flexibility index (Phi) is 5.00. The number of rotatable bonds is 4. The molecule has 1 heterocycles. The van der Waals surface area contributed by atoms with Crippen LogP contribution in [0.4, 0.5) is 0 Å². The van der Waals surface area contributed by atoms with Gasteiger partial charge < -0.3 is 10.1 Å². The topological polar surface area (TPSA) is 62.1 Å². The highest BCUT2D eigenvalue weighted by atomic mass is 16.5. The largest absolute Gasteiger partial charge is 0.466 e. The summed E-state index contributed by atoms with van der Waals surface area (Å²) in [5.41, 5.74) is 3.67. The van der Waals surface area contributed by atoms with Gasteiger partial charge in [0.1, 0.15) is 0 Å². The third-order valence-electron chi connectivity index (χ3n) is 3.80. The van der Waals surface area contributed by atoms with Crippen molar-refractivity contribution in [3.63, 3.8) is 0 Å². The van der Waals surface area contributed by atoms with Gasteiger partial charge in [0.05, 0.1) is 30.2 Å². The number of dihydropyridines is 1. The Morgan fingerprint density at radius 1 is 1.36 bits per heavy atom. The number of carbonyl (C=O) groups excluding carboxylic acids is 1. The molecule has 0 fully saturated rings. The van der Waals surface area contributed by atoms with Gasteiger partial charge in [-0.15, -0.1) is 0 Å². The van der Waals surface area contributed by atoms with Crippen LogP contribution < -0.4 is 5.32 Å². The molecule has 1 aliphatic rings. The Labute approximate surface area is 131 Å². The van der Waals surface area contributed by atoms with Gasteiger partial charge in [0, 0.05) is 11.4 Å². The van der Waals surface area contributed by atoms with E-state index < -0.39 is 0 Å². The Hall–Kier alpha value is -2.54. The van der Waals surface area contributed by atoms with Crippen molar-refractivity contribution in [1.29, 1.82) is 5.26 Å². The molecule has 1 unspecified atom stereocenters. The molecule has 114 valence electrons. The molecule has 0 saturated heterocycles. The number of methoxy groups -OCH3 is 1. The standard InChI is InChI=1S/C18H20N2O2/c1-4-8-15-17(18(21)22-3)16(13-9-6-5-7-10-13)14(11-19)12(2)20-15/h5-7,9-10,16,20H,4,8H2,1-3H3. The number of nitrogens with zero attached hydrogens (tertiary/aromatic N) is 1. The molecule has 22 heavy (non-hydrogen) atoms. The summed E-state index contributed by atoms with van der Waals surface area (Å²) in [5, 5.41) is 12.8. The SMILES string of the molecule is CCCC1=C(C(=O)OC)C(c2ccccc2)C(C#N)=C(C)N1. The lowest BCUT2D eigenvalue weighted by Gasteiger charge is -2.29. The third kappa shape index (κ3) is 2.89. The second-order valence-corrected chi connectivity index (χ2v) is 5.25. The first-order chi connectivity index (χ1) is 10.6. The number of benzene rings is 1. The van der Waals surface area contributed by atoms with Crippen molar-refractivity contribution in [2.45, 2.75) is 32.6 Å². The molecule has 1 N–H and O–H groups in total. The number of hydrogen-bond acceptors (Lipinski definition) is 4. The smallest absolute Gasteiger partial charge is 0.336 e. The first-order valence-corrected chi connectivity index (χ1v) is 7.38. The first-order valence-electron chi connectivity index (χ1n) is 7.38. The molecule has 0 radical (unpaired) electrons. The van der Waals surface area contributed by atoms with Gasteiger partial charge in [0.15, 0.2) is 0 Å². The lowest BCUT2D eigenvalue weighted by molar-refractivity contribution is -0.136. The maximum atomic E-state index is 12.4. The number of esters is 1. The molecular formula is C18H20N2O2. The fourth-order valence-corrected chi connectivity index (χ4v) is 2.82. The molecule has 4 heteroatoms. The van der Waals surface area contributed by atoms with Gasteiger partial charge in [0.25, 0.3) is 0 Å². The third-order valence-corrected chi connectivity index (χ3v) is 3.80. The summed E-state index contributed by atoms with van der Waals surface area (Å²) in [6.45, 7) is 3.93. The Morgan fingerprint density at radius 3 is 2.59 bits per heavy atom. The zero-order chi connectivity index (χ0) is 16.1. The minimum Gasteiger partial charge on any atom is -0.466 e. The summed E-state index contributed by atoms with van der Waals surface area (Å²) in [7, 11) is 1.37. The lowest BCUT2D eigenvalue weighted by Crippen LogP contribution is -2.29. The predicted molar refractivity (Wildman–Crippen MR) is 84.6 cm³/mol. The maximum absolute atomic E-state index is 12.4. The van der Waals surface area contributed by atoms with E-state index >= 15 is 0 Å². The molecule has 4 nitrogen and oxygen atoms in total. The highest BCUT2D eigenvalue weighted by molar-refractivity contribution is 5.93. The second-order valence-electron chi connectivity index (χ2n) is 5.25. The molecule has 0 saturated carbocycles. The van der Waals surface area contributed by atoms with E-state index in [-0.39, 0.29) is 11.9 Å². The van der Waals surface area contributed by atoms with Crippen LogP contribution in [0.15, 0.2) is 52.9 Å². The summed E-state index contributed by atoms with van der Waals surface area (Å²) in [5.74, 6) is -0.758. The molecule has 1 aliphatic heterocycles. The summed E-state index contributed by atoms with van der Waals surface area (Å²) in [6.07, 6.45) is 1.64. The first kappa shape index (κ1) is 15.8. The van der Waals surface area contributed by atoms with Crippen molar-refractivity contribution in [2.75, 3.05) is 7.11 Å². The molecule has 0 bridgehead atoms. The molecule has 1 atom stereocenters. The minimum absolute atomic E-state index is 0.374. The molecule has 0 spiro atoms. The average Bonchev–Trinajstić information content (AvgIpc) is 2.54. The van der Waals surface area contributed by atoms with E-state index in [1.807, 2.05) is 37.3 Å². The van der Waals surface area contributed by atoms with E-state index in [0.29, 0.717) is 11.1 Å². The van der Waals surface area contributed by atoms with Crippen LogP contribution in [-0.4, -0.2) is 13.1 Å². The summed E-state index contributed by atoms with van der Waals surface area (Å²) >= 11 is 0. The Balaban J connectivity index is 2.65. The van der Waals surface area contributed by atoms with Gasteiger partial charge in [-0.2, -0.15) is 5.26 Å². The second kappa shape index (κ2) is 6.95. The minimum atomic E-state index is -0.384. The average molecular weight is 296 g/mol. The predicted octanol–water partition coefficient (Wildman–Crippen LogP) is 3.40. The summed E-state index contributed by atoms with van der Waals surface area (Å²) in [4.78, 5) is 12.4. The van der Waals surface area contributed by atoms with Crippen molar-refractivity contribution in [3.8, 4) is 6.07 Å². The molecule has 0 aliphatic carbocycles. The monoisotopic (exact) mass is 296 g/mol. The van der Waals surface area contributed by atoms with Gasteiger partial charge >= 0.3 is 5.97 Å².